The first kappa shape index (κ1) is 24.4. The predicted molar refractivity (Wildman–Crippen MR) is 124 cm³/mol. The van der Waals surface area contributed by atoms with Gasteiger partial charge in [-0.25, -0.2) is 0 Å². The van der Waals surface area contributed by atoms with Gasteiger partial charge >= 0.3 is 5.97 Å². The van der Waals surface area contributed by atoms with Crippen LogP contribution in [-0.4, -0.2) is 18.4 Å². The van der Waals surface area contributed by atoms with Gasteiger partial charge in [-0.3, -0.25) is 9.59 Å². The van der Waals surface area contributed by atoms with Crippen molar-refractivity contribution in [2.24, 2.45) is 28.6 Å². The van der Waals surface area contributed by atoms with Crippen LogP contribution >= 0.6 is 0 Å². The van der Waals surface area contributed by atoms with Crippen LogP contribution in [0.2, 0.25) is 0 Å². The van der Waals surface area contributed by atoms with Crippen LogP contribution in [0.1, 0.15) is 73.6 Å². The number of carbonyl (C=O) groups excluding carboxylic acids is 2. The van der Waals surface area contributed by atoms with Gasteiger partial charge < -0.3 is 4.74 Å². The van der Waals surface area contributed by atoms with Crippen molar-refractivity contribution in [3.05, 3.63) is 48.1 Å². The highest BCUT2D eigenvalue weighted by atomic mass is 16.5. The molecular formula is C27H40O3. The van der Waals surface area contributed by atoms with Crippen molar-refractivity contribution in [1.82, 2.24) is 0 Å². The van der Waals surface area contributed by atoms with E-state index in [4.69, 9.17) is 4.74 Å². The van der Waals surface area contributed by atoms with E-state index >= 15 is 0 Å². The van der Waals surface area contributed by atoms with E-state index in [2.05, 4.69) is 51.7 Å². The largest absolute Gasteiger partial charge is 0.458 e. The van der Waals surface area contributed by atoms with E-state index in [1.165, 1.54) is 18.1 Å². The van der Waals surface area contributed by atoms with Crippen LogP contribution in [0, 0.1) is 28.6 Å². The average Bonchev–Trinajstić information content (AvgIpc) is 3.07. The summed E-state index contributed by atoms with van der Waals surface area (Å²) < 4.78 is 5.02. The monoisotopic (exact) mass is 412 g/mol. The van der Waals surface area contributed by atoms with Crippen molar-refractivity contribution in [2.75, 3.05) is 6.61 Å². The van der Waals surface area contributed by atoms with Crippen molar-refractivity contribution >= 4 is 11.8 Å². The first-order valence-electron chi connectivity index (χ1n) is 11.6. The summed E-state index contributed by atoms with van der Waals surface area (Å²) in [7, 11) is 0. The molecule has 5 atom stereocenters. The molecule has 0 bridgehead atoms. The fourth-order valence-corrected chi connectivity index (χ4v) is 6.36. The molecule has 30 heavy (non-hydrogen) atoms. The Bertz CT molecular complexity index is 756. The van der Waals surface area contributed by atoms with Crippen molar-refractivity contribution < 1.29 is 14.3 Å². The molecule has 5 unspecified atom stereocenters. The maximum atomic E-state index is 12.8. The van der Waals surface area contributed by atoms with Gasteiger partial charge in [-0.1, -0.05) is 68.9 Å². The molecule has 2 saturated carbocycles. The van der Waals surface area contributed by atoms with Gasteiger partial charge in [0.1, 0.15) is 6.61 Å². The zero-order valence-electron chi connectivity index (χ0n) is 19.8. The van der Waals surface area contributed by atoms with E-state index in [1.54, 1.807) is 0 Å². The second kappa shape index (κ2) is 9.94. The van der Waals surface area contributed by atoms with Crippen LogP contribution < -0.4 is 0 Å². The predicted octanol–water partition coefficient (Wildman–Crippen LogP) is 6.61. The van der Waals surface area contributed by atoms with Gasteiger partial charge in [-0.05, 0) is 63.2 Å². The number of ether oxygens (including phenoxy) is 1. The van der Waals surface area contributed by atoms with E-state index in [9.17, 15) is 9.59 Å². The maximum Gasteiger partial charge on any atom is 0.303 e. The standard InChI is InChI=1S/C25H34O3.C2H6/c1-6-8-18-9-10-19-20-11-12-22(23(27)16-28-17(3)26)25(20,5)15-13-21(19)24(18,4)14-7-2;1-2/h6-8,13-14,19-20,22H,1,9-12,15-16H2,2-5H3;1-2H3/b14-7-,18-8-;. The molecule has 0 aliphatic heterocycles. The van der Waals surface area contributed by atoms with Gasteiger partial charge in [0, 0.05) is 18.3 Å². The lowest BCUT2D eigenvalue weighted by Gasteiger charge is -2.51. The fraction of sp³-hybridized carbons (Fsp3) is 0.630. The Morgan fingerprint density at radius 1 is 1.23 bits per heavy atom. The van der Waals surface area contributed by atoms with Crippen molar-refractivity contribution in [3.8, 4) is 0 Å². The Balaban J connectivity index is 0.00000155. The molecule has 2 fully saturated rings. The molecule has 3 heteroatoms. The van der Waals surface area contributed by atoms with Crippen LogP contribution in [0.5, 0.6) is 0 Å². The molecule has 3 nitrogen and oxygen atoms in total. The third kappa shape index (κ3) is 4.26. The highest BCUT2D eigenvalue weighted by molar-refractivity contribution is 5.85. The number of hydrogen-bond donors (Lipinski definition) is 0. The van der Waals surface area contributed by atoms with Crippen LogP contribution in [0.3, 0.4) is 0 Å². The molecule has 0 radical (unpaired) electrons. The van der Waals surface area contributed by atoms with Crippen molar-refractivity contribution in [1.29, 1.82) is 0 Å². The first-order valence-corrected chi connectivity index (χ1v) is 11.6. The van der Waals surface area contributed by atoms with E-state index < -0.39 is 0 Å². The smallest absolute Gasteiger partial charge is 0.303 e. The third-order valence-electron chi connectivity index (χ3n) is 7.67. The molecule has 0 heterocycles. The number of fused-ring (bicyclic) bond motifs is 3. The highest BCUT2D eigenvalue weighted by Gasteiger charge is 2.56. The molecule has 0 aromatic heterocycles. The number of allylic oxidation sites excluding steroid dienone is 7. The number of carbonyl (C=O) groups is 2. The molecular weight excluding hydrogens is 372 g/mol. The lowest BCUT2D eigenvalue weighted by molar-refractivity contribution is -0.148. The van der Waals surface area contributed by atoms with Crippen LogP contribution in [0.4, 0.5) is 0 Å². The summed E-state index contributed by atoms with van der Waals surface area (Å²) in [5.41, 5.74) is 2.89. The summed E-state index contributed by atoms with van der Waals surface area (Å²) in [6.45, 7) is 15.9. The molecule has 0 amide bonds. The molecule has 3 aliphatic carbocycles. The summed E-state index contributed by atoms with van der Waals surface area (Å²) in [6, 6.07) is 0. The quantitative estimate of drug-likeness (QED) is 0.377. The highest BCUT2D eigenvalue weighted by Crippen LogP contribution is 2.63. The Kier molecular flexibility index (Phi) is 8.07. The number of ketones is 1. The zero-order chi connectivity index (χ0) is 22.5. The number of esters is 1. The number of rotatable bonds is 5. The van der Waals surface area contributed by atoms with Gasteiger partial charge in [0.2, 0.25) is 0 Å². The van der Waals surface area contributed by atoms with Gasteiger partial charge in [-0.15, -0.1) is 0 Å². The third-order valence-corrected chi connectivity index (χ3v) is 7.67. The maximum absolute atomic E-state index is 12.8. The second-order valence-electron chi connectivity index (χ2n) is 9.13. The van der Waals surface area contributed by atoms with Crippen molar-refractivity contribution in [2.45, 2.75) is 73.6 Å². The Labute approximate surface area is 183 Å². The van der Waals surface area contributed by atoms with E-state index in [-0.39, 0.29) is 35.1 Å². The van der Waals surface area contributed by atoms with Crippen molar-refractivity contribution in [3.63, 3.8) is 0 Å². The second-order valence-corrected chi connectivity index (χ2v) is 9.13. The summed E-state index contributed by atoms with van der Waals surface area (Å²) in [4.78, 5) is 23.9. The molecule has 3 aliphatic rings. The van der Waals surface area contributed by atoms with E-state index in [0.717, 1.165) is 32.1 Å². The summed E-state index contributed by atoms with van der Waals surface area (Å²) >= 11 is 0. The van der Waals surface area contributed by atoms with Gasteiger partial charge in [-0.2, -0.15) is 0 Å². The van der Waals surface area contributed by atoms with Crippen LogP contribution in [0.25, 0.3) is 0 Å². The minimum Gasteiger partial charge on any atom is -0.458 e. The average molecular weight is 413 g/mol. The molecule has 0 aromatic carbocycles. The molecule has 3 rings (SSSR count). The van der Waals surface area contributed by atoms with E-state index in [0.29, 0.717) is 11.8 Å². The molecule has 0 saturated heterocycles. The Morgan fingerprint density at radius 3 is 2.53 bits per heavy atom. The minimum absolute atomic E-state index is 0.00672. The van der Waals surface area contributed by atoms with Crippen LogP contribution in [0.15, 0.2) is 48.1 Å². The number of Topliss-reactive ketones (excluding diaryl/α,β-unsaturated/α-hetero) is 1. The minimum atomic E-state index is -0.380. The van der Waals surface area contributed by atoms with E-state index in [1.807, 2.05) is 19.9 Å². The molecule has 0 spiro atoms. The Hall–Kier alpha value is -1.90. The van der Waals surface area contributed by atoms with Crippen LogP contribution in [-0.2, 0) is 14.3 Å². The lowest BCUT2D eigenvalue weighted by atomic mass is 9.52. The molecule has 0 aromatic rings. The summed E-state index contributed by atoms with van der Waals surface area (Å²) in [5, 5.41) is 0. The normalized spacial score (nSPS) is 36.3. The SMILES string of the molecule is C=C/C=C1/CCC2C(=CCC3(C)C(C(=O)COC(C)=O)CCC23)C1(C)/C=C\C.CC. The van der Waals surface area contributed by atoms with Gasteiger partial charge in [0.15, 0.2) is 5.78 Å². The molecule has 0 N–H and O–H groups in total. The molecule has 166 valence electrons. The summed E-state index contributed by atoms with van der Waals surface area (Å²) in [6.07, 6.45) is 16.2. The number of hydrogen-bond acceptors (Lipinski definition) is 3. The fourth-order valence-electron chi connectivity index (χ4n) is 6.36. The van der Waals surface area contributed by atoms with Gasteiger partial charge in [0.25, 0.3) is 0 Å². The zero-order valence-corrected chi connectivity index (χ0v) is 19.8. The first-order chi connectivity index (χ1) is 14.3. The Morgan fingerprint density at radius 2 is 1.93 bits per heavy atom. The topological polar surface area (TPSA) is 43.4 Å². The summed E-state index contributed by atoms with van der Waals surface area (Å²) in [5.74, 6) is 0.751. The van der Waals surface area contributed by atoms with Gasteiger partial charge in [0.05, 0.1) is 0 Å². The lowest BCUT2D eigenvalue weighted by Crippen LogP contribution is -2.44.